The number of rotatable bonds is 4. The molecule has 0 bridgehead atoms. The third-order valence-electron chi connectivity index (χ3n) is 4.26. The Labute approximate surface area is 183 Å². The van der Waals surface area contributed by atoms with Crippen molar-refractivity contribution in [1.29, 1.82) is 0 Å². The Morgan fingerprint density at radius 2 is 0.893 bits per heavy atom. The number of hydrogen-bond acceptors (Lipinski definition) is 4. The Balaban J connectivity index is 1.78. The standard InChI is InChI=1S/C16H14Cl4N2O4S2/c17-13-3-1-11(9-15(13)19)27(23,24)21-5-7-22(8-6-21)28(25,26)12-2-4-14(18)16(20)10-12/h1-4,9-10H,5-8H2. The van der Waals surface area contributed by atoms with E-state index in [9.17, 15) is 16.8 Å². The second kappa shape index (κ2) is 8.28. The first-order valence-corrected chi connectivity index (χ1v) is 12.3. The van der Waals surface area contributed by atoms with Crippen LogP contribution in [0.15, 0.2) is 46.2 Å². The van der Waals surface area contributed by atoms with Gasteiger partial charge in [-0.1, -0.05) is 46.4 Å². The van der Waals surface area contributed by atoms with Crippen LogP contribution in [0, 0.1) is 0 Å². The zero-order chi connectivity index (χ0) is 20.7. The summed E-state index contributed by atoms with van der Waals surface area (Å²) in [7, 11) is -7.63. The molecule has 2 aromatic rings. The minimum atomic E-state index is -3.82. The number of benzene rings is 2. The van der Waals surface area contributed by atoms with Crippen molar-refractivity contribution in [3.05, 3.63) is 56.5 Å². The molecule has 0 aliphatic carbocycles. The lowest BCUT2D eigenvalue weighted by molar-refractivity contribution is 0.273. The number of nitrogens with zero attached hydrogens (tertiary/aromatic N) is 2. The maximum absolute atomic E-state index is 12.8. The molecule has 0 atom stereocenters. The lowest BCUT2D eigenvalue weighted by Crippen LogP contribution is -2.50. The van der Waals surface area contributed by atoms with Crippen molar-refractivity contribution in [2.75, 3.05) is 26.2 Å². The lowest BCUT2D eigenvalue weighted by Gasteiger charge is -2.33. The van der Waals surface area contributed by atoms with Crippen LogP contribution in [-0.2, 0) is 20.0 Å². The molecule has 0 amide bonds. The topological polar surface area (TPSA) is 74.8 Å². The van der Waals surface area contributed by atoms with Crippen LogP contribution in [0.5, 0.6) is 0 Å². The predicted molar refractivity (Wildman–Crippen MR) is 110 cm³/mol. The molecule has 0 aromatic heterocycles. The SMILES string of the molecule is O=S(=O)(c1ccc(Cl)c(Cl)c1)N1CCN(S(=O)(=O)c2ccc(Cl)c(Cl)c2)CC1. The Morgan fingerprint density at radius 1 is 0.571 bits per heavy atom. The number of hydrogen-bond donors (Lipinski definition) is 0. The van der Waals surface area contributed by atoms with Gasteiger partial charge in [0.15, 0.2) is 0 Å². The monoisotopic (exact) mass is 502 g/mol. The fourth-order valence-corrected chi connectivity index (χ4v) is 6.35. The van der Waals surface area contributed by atoms with Gasteiger partial charge < -0.3 is 0 Å². The minimum Gasteiger partial charge on any atom is -0.207 e. The molecule has 1 fully saturated rings. The second-order valence-corrected chi connectivity index (χ2v) is 11.5. The largest absolute Gasteiger partial charge is 0.243 e. The highest BCUT2D eigenvalue weighted by Crippen LogP contribution is 2.29. The summed E-state index contributed by atoms with van der Waals surface area (Å²) < 4.78 is 53.6. The highest BCUT2D eigenvalue weighted by molar-refractivity contribution is 7.89. The molecule has 1 aliphatic rings. The van der Waals surface area contributed by atoms with Crippen LogP contribution in [0.3, 0.4) is 0 Å². The van der Waals surface area contributed by atoms with Gasteiger partial charge in [-0.25, -0.2) is 16.8 Å². The van der Waals surface area contributed by atoms with Gasteiger partial charge >= 0.3 is 0 Å². The molecule has 152 valence electrons. The zero-order valence-electron chi connectivity index (χ0n) is 14.1. The van der Waals surface area contributed by atoms with E-state index in [4.69, 9.17) is 46.4 Å². The summed E-state index contributed by atoms with van der Waals surface area (Å²) in [5.41, 5.74) is 0. The van der Waals surface area contributed by atoms with E-state index in [2.05, 4.69) is 0 Å². The third kappa shape index (κ3) is 4.29. The molecule has 3 rings (SSSR count). The van der Waals surface area contributed by atoms with Gasteiger partial charge in [0.1, 0.15) is 0 Å². The summed E-state index contributed by atoms with van der Waals surface area (Å²) in [4.78, 5) is 0.00498. The summed E-state index contributed by atoms with van der Waals surface area (Å²) >= 11 is 23.5. The fourth-order valence-electron chi connectivity index (χ4n) is 2.72. The predicted octanol–water partition coefficient (Wildman–Crippen LogP) is 4.00. The van der Waals surface area contributed by atoms with Crippen molar-refractivity contribution >= 4 is 66.5 Å². The Bertz CT molecular complexity index is 1030. The maximum Gasteiger partial charge on any atom is 0.243 e. The van der Waals surface area contributed by atoms with E-state index in [1.165, 1.54) is 45.0 Å². The highest BCUT2D eigenvalue weighted by atomic mass is 35.5. The zero-order valence-corrected chi connectivity index (χ0v) is 18.8. The summed E-state index contributed by atoms with van der Waals surface area (Å²) in [6.45, 7) is 0.0124. The smallest absolute Gasteiger partial charge is 0.207 e. The number of sulfonamides is 2. The first-order chi connectivity index (χ1) is 13.0. The van der Waals surface area contributed by atoms with Crippen LogP contribution in [0.25, 0.3) is 0 Å². The van der Waals surface area contributed by atoms with Crippen molar-refractivity contribution in [2.24, 2.45) is 0 Å². The average Bonchev–Trinajstić information content (AvgIpc) is 2.66. The van der Waals surface area contributed by atoms with E-state index in [0.29, 0.717) is 0 Å². The minimum absolute atomic E-state index is 0.00249. The molecule has 0 saturated carbocycles. The molecule has 6 nitrogen and oxygen atoms in total. The lowest BCUT2D eigenvalue weighted by atomic mass is 10.4. The summed E-state index contributed by atoms with van der Waals surface area (Å²) in [6, 6.07) is 8.09. The van der Waals surface area contributed by atoms with Crippen LogP contribution in [0.1, 0.15) is 0 Å². The Morgan fingerprint density at radius 3 is 1.18 bits per heavy atom. The van der Waals surface area contributed by atoms with Gasteiger partial charge in [-0.2, -0.15) is 8.61 Å². The van der Waals surface area contributed by atoms with Gasteiger partial charge in [0.25, 0.3) is 0 Å². The van der Waals surface area contributed by atoms with Gasteiger partial charge in [-0.15, -0.1) is 0 Å². The molecule has 1 heterocycles. The molecular weight excluding hydrogens is 490 g/mol. The summed E-state index contributed by atoms with van der Waals surface area (Å²) in [5, 5.41) is 0.753. The van der Waals surface area contributed by atoms with Crippen molar-refractivity contribution in [2.45, 2.75) is 9.79 Å². The normalized spacial score (nSPS) is 17.0. The highest BCUT2D eigenvalue weighted by Gasteiger charge is 2.34. The maximum atomic E-state index is 12.8. The first-order valence-electron chi connectivity index (χ1n) is 7.94. The molecule has 0 N–H and O–H groups in total. The van der Waals surface area contributed by atoms with E-state index >= 15 is 0 Å². The van der Waals surface area contributed by atoms with E-state index in [1.54, 1.807) is 0 Å². The van der Waals surface area contributed by atoms with E-state index in [1.807, 2.05) is 0 Å². The van der Waals surface area contributed by atoms with E-state index in [-0.39, 0.29) is 56.1 Å². The Hall–Kier alpha value is -0.580. The molecule has 1 saturated heterocycles. The van der Waals surface area contributed by atoms with Crippen molar-refractivity contribution in [3.8, 4) is 0 Å². The quantitative estimate of drug-likeness (QED) is 0.632. The van der Waals surface area contributed by atoms with Crippen LogP contribution < -0.4 is 0 Å². The van der Waals surface area contributed by atoms with Crippen molar-refractivity contribution < 1.29 is 16.8 Å². The van der Waals surface area contributed by atoms with Crippen LogP contribution in [0.2, 0.25) is 20.1 Å². The van der Waals surface area contributed by atoms with Gasteiger partial charge in [-0.3, -0.25) is 0 Å². The van der Waals surface area contributed by atoms with Gasteiger partial charge in [0.05, 0.1) is 29.9 Å². The van der Waals surface area contributed by atoms with Gasteiger partial charge in [0.2, 0.25) is 20.0 Å². The molecule has 12 heteroatoms. The van der Waals surface area contributed by atoms with Crippen LogP contribution in [-0.4, -0.2) is 51.6 Å². The summed E-state index contributed by atoms with van der Waals surface area (Å²) in [5.74, 6) is 0. The first kappa shape index (κ1) is 22.1. The third-order valence-corrected chi connectivity index (χ3v) is 9.52. The average molecular weight is 504 g/mol. The molecule has 28 heavy (non-hydrogen) atoms. The molecule has 2 aromatic carbocycles. The van der Waals surface area contributed by atoms with Gasteiger partial charge in [0, 0.05) is 26.2 Å². The molecular formula is C16H14Cl4N2O4S2. The van der Waals surface area contributed by atoms with Gasteiger partial charge in [-0.05, 0) is 36.4 Å². The van der Waals surface area contributed by atoms with Crippen molar-refractivity contribution in [1.82, 2.24) is 8.61 Å². The molecule has 0 spiro atoms. The summed E-state index contributed by atoms with van der Waals surface area (Å²) in [6.07, 6.45) is 0. The molecule has 1 aliphatic heterocycles. The number of piperazine rings is 1. The van der Waals surface area contributed by atoms with E-state index < -0.39 is 20.0 Å². The van der Waals surface area contributed by atoms with Crippen molar-refractivity contribution in [3.63, 3.8) is 0 Å². The van der Waals surface area contributed by atoms with E-state index in [0.717, 1.165) is 0 Å². The molecule has 0 unspecified atom stereocenters. The van der Waals surface area contributed by atoms with Crippen LogP contribution in [0.4, 0.5) is 0 Å². The second-order valence-electron chi connectivity index (χ2n) is 5.96. The molecule has 0 radical (unpaired) electrons. The number of halogens is 4. The van der Waals surface area contributed by atoms with Crippen LogP contribution >= 0.6 is 46.4 Å². The Kier molecular flexibility index (Phi) is 6.54. The fraction of sp³-hybridized carbons (Fsp3) is 0.250.